The fourth-order valence-corrected chi connectivity index (χ4v) is 4.50. The molecule has 29 heavy (non-hydrogen) atoms. The first-order valence-corrected chi connectivity index (χ1v) is 10.5. The number of piperidine rings is 1. The molecule has 4 nitrogen and oxygen atoms in total. The average molecular weight is 397 g/mol. The lowest BCUT2D eigenvalue weighted by Crippen LogP contribution is -2.61. The Balaban J connectivity index is 1.37. The monoisotopic (exact) mass is 396 g/mol. The Bertz CT molecular complexity index is 834. The highest BCUT2D eigenvalue weighted by molar-refractivity contribution is 5.81. The van der Waals surface area contributed by atoms with Gasteiger partial charge in [0.2, 0.25) is 0 Å². The van der Waals surface area contributed by atoms with Crippen LogP contribution in [0.1, 0.15) is 30.9 Å². The molecule has 2 aliphatic rings. The van der Waals surface area contributed by atoms with Crippen LogP contribution in [0.15, 0.2) is 54.6 Å². The number of rotatable bonds is 5. The van der Waals surface area contributed by atoms with Crippen LogP contribution in [0.4, 0.5) is 4.39 Å². The van der Waals surface area contributed by atoms with Crippen molar-refractivity contribution >= 4 is 5.91 Å². The lowest BCUT2D eigenvalue weighted by atomic mass is 9.88. The number of hydrogen-bond donors (Lipinski definition) is 0. The number of ether oxygens (including phenoxy) is 1. The molecule has 0 aromatic heterocycles. The van der Waals surface area contributed by atoms with Crippen molar-refractivity contribution in [1.82, 2.24) is 9.80 Å². The fourth-order valence-electron chi connectivity index (χ4n) is 4.50. The Kier molecular flexibility index (Phi) is 5.97. The number of hydrogen-bond acceptors (Lipinski definition) is 3. The predicted octanol–water partition coefficient (Wildman–Crippen LogP) is 3.65. The Morgan fingerprint density at radius 3 is 2.48 bits per heavy atom. The summed E-state index contributed by atoms with van der Waals surface area (Å²) in [5.74, 6) is -0.311. The molecule has 2 heterocycles. The quantitative estimate of drug-likeness (QED) is 0.773. The summed E-state index contributed by atoms with van der Waals surface area (Å²) in [6.45, 7) is 5.62. The molecule has 2 saturated heterocycles. The van der Waals surface area contributed by atoms with Gasteiger partial charge >= 0.3 is 0 Å². The molecule has 154 valence electrons. The van der Waals surface area contributed by atoms with Gasteiger partial charge in [-0.15, -0.1) is 0 Å². The van der Waals surface area contributed by atoms with Gasteiger partial charge in [0, 0.05) is 31.7 Å². The van der Waals surface area contributed by atoms with Crippen molar-refractivity contribution in [3.63, 3.8) is 0 Å². The van der Waals surface area contributed by atoms with Gasteiger partial charge in [-0.1, -0.05) is 48.5 Å². The zero-order chi connectivity index (χ0) is 20.3. The third kappa shape index (κ3) is 4.68. The number of halogens is 1. The third-order valence-corrected chi connectivity index (χ3v) is 6.21. The Hall–Kier alpha value is -2.24. The number of morpholine rings is 1. The average Bonchev–Trinajstić information content (AvgIpc) is 2.74. The maximum Gasteiger partial charge on any atom is 0.251 e. The van der Waals surface area contributed by atoms with Crippen LogP contribution < -0.4 is 0 Å². The maximum absolute atomic E-state index is 14.1. The van der Waals surface area contributed by atoms with Gasteiger partial charge in [-0.3, -0.25) is 4.79 Å². The van der Waals surface area contributed by atoms with E-state index in [1.54, 1.807) is 17.0 Å². The smallest absolute Gasteiger partial charge is 0.251 e. The van der Waals surface area contributed by atoms with Gasteiger partial charge < -0.3 is 14.5 Å². The normalized spacial score (nSPS) is 22.2. The van der Waals surface area contributed by atoms with Gasteiger partial charge in [-0.05, 0) is 37.8 Å². The van der Waals surface area contributed by atoms with E-state index in [4.69, 9.17) is 4.74 Å². The van der Waals surface area contributed by atoms with E-state index in [0.29, 0.717) is 18.7 Å². The molecule has 1 spiro atoms. The first kappa shape index (κ1) is 20.0. The fraction of sp³-hybridized carbons (Fsp3) is 0.458. The van der Waals surface area contributed by atoms with Crippen molar-refractivity contribution in [3.05, 3.63) is 71.5 Å². The number of carbonyl (C=O) groups is 1. The minimum Gasteiger partial charge on any atom is -0.360 e. The summed E-state index contributed by atoms with van der Waals surface area (Å²) in [5, 5.41) is 0. The summed E-state index contributed by atoms with van der Waals surface area (Å²) in [5.41, 5.74) is 1.60. The molecule has 2 aliphatic heterocycles. The molecular weight excluding hydrogens is 367 g/mol. The summed E-state index contributed by atoms with van der Waals surface area (Å²) in [6.07, 6.45) is 2.36. The van der Waals surface area contributed by atoms with Gasteiger partial charge in [0.05, 0.1) is 12.1 Å². The highest BCUT2D eigenvalue weighted by atomic mass is 19.1. The van der Waals surface area contributed by atoms with Gasteiger partial charge in [-0.25, -0.2) is 4.39 Å². The van der Waals surface area contributed by atoms with Crippen LogP contribution >= 0.6 is 0 Å². The highest BCUT2D eigenvalue weighted by Gasteiger charge is 2.45. The maximum atomic E-state index is 14.1. The lowest BCUT2D eigenvalue weighted by Gasteiger charge is -2.49. The molecule has 4 rings (SSSR count). The van der Waals surface area contributed by atoms with E-state index in [1.807, 2.05) is 19.1 Å². The van der Waals surface area contributed by atoms with Gasteiger partial charge in [0.1, 0.15) is 11.9 Å². The minimum absolute atomic E-state index is 0.0506. The summed E-state index contributed by atoms with van der Waals surface area (Å²) in [6, 6.07) is 17.2. The van der Waals surface area contributed by atoms with E-state index in [1.165, 1.54) is 11.6 Å². The molecule has 1 unspecified atom stereocenters. The van der Waals surface area contributed by atoms with E-state index in [2.05, 4.69) is 29.2 Å². The number of nitrogens with zero attached hydrogens (tertiary/aromatic N) is 2. The first-order chi connectivity index (χ1) is 14.0. The van der Waals surface area contributed by atoms with Crippen LogP contribution in [0.5, 0.6) is 0 Å². The predicted molar refractivity (Wildman–Crippen MR) is 111 cm³/mol. The largest absolute Gasteiger partial charge is 0.360 e. The van der Waals surface area contributed by atoms with Crippen LogP contribution in [0, 0.1) is 5.82 Å². The van der Waals surface area contributed by atoms with Crippen molar-refractivity contribution in [2.45, 2.75) is 44.4 Å². The van der Waals surface area contributed by atoms with Crippen LogP contribution in [0.2, 0.25) is 0 Å². The van der Waals surface area contributed by atoms with Crippen LogP contribution in [-0.2, 0) is 22.5 Å². The molecule has 2 fully saturated rings. The molecule has 0 radical (unpaired) electrons. The molecule has 1 amide bonds. The summed E-state index contributed by atoms with van der Waals surface area (Å²) >= 11 is 0. The molecule has 0 bridgehead atoms. The van der Waals surface area contributed by atoms with Crippen molar-refractivity contribution in [3.8, 4) is 0 Å². The van der Waals surface area contributed by atoms with Gasteiger partial charge in [0.15, 0.2) is 0 Å². The number of amides is 1. The summed E-state index contributed by atoms with van der Waals surface area (Å²) in [4.78, 5) is 16.9. The SMILES string of the molecule is CC1OC2(CCN(CCc3ccccc3)CC2)CN(Cc2ccccc2F)C1=O. The van der Waals surface area contributed by atoms with Crippen molar-refractivity contribution in [2.75, 3.05) is 26.2 Å². The number of benzene rings is 2. The second-order valence-electron chi connectivity index (χ2n) is 8.31. The topological polar surface area (TPSA) is 32.8 Å². The van der Waals surface area contributed by atoms with Crippen molar-refractivity contribution in [2.24, 2.45) is 0 Å². The zero-order valence-corrected chi connectivity index (χ0v) is 17.0. The summed E-state index contributed by atoms with van der Waals surface area (Å²) in [7, 11) is 0. The first-order valence-electron chi connectivity index (χ1n) is 10.5. The van der Waals surface area contributed by atoms with Crippen molar-refractivity contribution < 1.29 is 13.9 Å². The van der Waals surface area contributed by atoms with E-state index in [0.717, 1.165) is 38.9 Å². The Morgan fingerprint density at radius 2 is 1.76 bits per heavy atom. The highest BCUT2D eigenvalue weighted by Crippen LogP contribution is 2.33. The van der Waals surface area contributed by atoms with E-state index in [9.17, 15) is 9.18 Å². The molecule has 0 N–H and O–H groups in total. The third-order valence-electron chi connectivity index (χ3n) is 6.21. The standard InChI is InChI=1S/C24H29FN2O2/c1-19-23(28)27(17-21-9-5-6-10-22(21)25)18-24(29-19)12-15-26(16-13-24)14-11-20-7-3-2-4-8-20/h2-10,19H,11-18H2,1H3. The zero-order valence-electron chi connectivity index (χ0n) is 17.0. The second-order valence-corrected chi connectivity index (χ2v) is 8.31. The molecule has 2 aromatic carbocycles. The van der Waals surface area contributed by atoms with Gasteiger partial charge in [0.25, 0.3) is 5.91 Å². The Morgan fingerprint density at radius 1 is 1.07 bits per heavy atom. The molecule has 5 heteroatoms. The van der Waals surface area contributed by atoms with E-state index < -0.39 is 6.10 Å². The molecule has 0 saturated carbocycles. The molecule has 0 aliphatic carbocycles. The van der Waals surface area contributed by atoms with E-state index in [-0.39, 0.29) is 17.3 Å². The van der Waals surface area contributed by atoms with Crippen LogP contribution in [0.3, 0.4) is 0 Å². The number of likely N-dealkylation sites (tertiary alicyclic amines) is 1. The lowest BCUT2D eigenvalue weighted by molar-refractivity contribution is -0.190. The molecule has 2 aromatic rings. The van der Waals surface area contributed by atoms with Crippen LogP contribution in [-0.4, -0.2) is 53.6 Å². The summed E-state index contributed by atoms with van der Waals surface area (Å²) < 4.78 is 20.3. The molecule has 1 atom stereocenters. The number of carbonyl (C=O) groups excluding carboxylic acids is 1. The Labute approximate surface area is 172 Å². The van der Waals surface area contributed by atoms with E-state index >= 15 is 0 Å². The van der Waals surface area contributed by atoms with Crippen LogP contribution in [0.25, 0.3) is 0 Å². The van der Waals surface area contributed by atoms with Crippen molar-refractivity contribution in [1.29, 1.82) is 0 Å². The second kappa shape index (κ2) is 8.64. The molecular formula is C24H29FN2O2. The minimum atomic E-state index is -0.480. The van der Waals surface area contributed by atoms with Gasteiger partial charge in [-0.2, -0.15) is 0 Å².